The molecule has 0 aliphatic carbocycles. The van der Waals surface area contributed by atoms with Gasteiger partial charge in [0.2, 0.25) is 0 Å². The maximum Gasteiger partial charge on any atom is 0.332 e. The second-order valence-corrected chi connectivity index (χ2v) is 8.07. The Balaban J connectivity index is 1.39. The van der Waals surface area contributed by atoms with Crippen LogP contribution in [0.5, 0.6) is 5.75 Å². The molecule has 9 heteroatoms. The van der Waals surface area contributed by atoms with Gasteiger partial charge in [0, 0.05) is 24.1 Å². The highest BCUT2D eigenvalue weighted by Crippen LogP contribution is 2.22. The summed E-state index contributed by atoms with van der Waals surface area (Å²) in [5.41, 5.74) is 2.94. The van der Waals surface area contributed by atoms with Crippen molar-refractivity contribution in [1.82, 2.24) is 15.0 Å². The van der Waals surface area contributed by atoms with Crippen LogP contribution in [0.4, 0.5) is 0 Å². The molecule has 0 aliphatic rings. The van der Waals surface area contributed by atoms with Crippen molar-refractivity contribution in [2.75, 3.05) is 7.11 Å². The minimum atomic E-state index is -1.11. The lowest BCUT2D eigenvalue weighted by Gasteiger charge is -2.14. The molecule has 174 valence electrons. The van der Waals surface area contributed by atoms with Crippen molar-refractivity contribution >= 4 is 28.5 Å². The van der Waals surface area contributed by atoms with Gasteiger partial charge in [0.05, 0.1) is 19.1 Å². The first-order valence-electron chi connectivity index (χ1n) is 10.6. The molecule has 0 bridgehead atoms. The summed E-state index contributed by atoms with van der Waals surface area (Å²) in [4.78, 5) is 24.4. The van der Waals surface area contributed by atoms with Crippen molar-refractivity contribution in [3.63, 3.8) is 0 Å². The van der Waals surface area contributed by atoms with Crippen LogP contribution in [0.1, 0.15) is 12.0 Å². The predicted molar refractivity (Wildman–Crippen MR) is 128 cm³/mol. The van der Waals surface area contributed by atoms with E-state index in [9.17, 15) is 14.7 Å². The highest BCUT2D eigenvalue weighted by Gasteiger charge is 2.19. The zero-order valence-electron chi connectivity index (χ0n) is 18.3. The van der Waals surface area contributed by atoms with Gasteiger partial charge in [-0.1, -0.05) is 53.2 Å². The van der Waals surface area contributed by atoms with E-state index in [2.05, 4.69) is 10.3 Å². The highest BCUT2D eigenvalue weighted by molar-refractivity contribution is 6.30. The number of hydrogen-bond donors (Lipinski definition) is 1. The van der Waals surface area contributed by atoms with Crippen molar-refractivity contribution in [3.8, 4) is 16.9 Å². The average molecular weight is 480 g/mol. The summed E-state index contributed by atoms with van der Waals surface area (Å²) in [6, 6.07) is 20.1. The molecule has 4 rings (SSSR count). The monoisotopic (exact) mass is 479 g/mol. The predicted octanol–water partition coefficient (Wildman–Crippen LogP) is 4.18. The Bertz CT molecular complexity index is 1350. The topological polar surface area (TPSA) is 104 Å². The van der Waals surface area contributed by atoms with Crippen molar-refractivity contribution in [2.24, 2.45) is 0 Å². The zero-order chi connectivity index (χ0) is 24.1. The Morgan fingerprint density at radius 3 is 2.38 bits per heavy atom. The maximum absolute atomic E-state index is 12.7. The van der Waals surface area contributed by atoms with Crippen LogP contribution in [-0.4, -0.2) is 39.3 Å². The van der Waals surface area contributed by atoms with Crippen LogP contribution in [-0.2, 0) is 22.7 Å². The number of carbonyl (C=O) groups is 1. The number of ether oxygens (including phenoxy) is 2. The Kier molecular flexibility index (Phi) is 7.20. The standard InChI is InChI=1S/C25H22ClN3O5/c1-33-20-10-11-21-22(14-20)27-28-29(24(21)30)13-12-23(25(31)32)34-15-16-2-4-17(5-3-16)18-6-8-19(26)9-7-18/h2-11,14,23H,12-13,15H2,1H3,(H,31,32). The number of benzene rings is 3. The van der Waals surface area contributed by atoms with E-state index in [1.54, 1.807) is 18.2 Å². The van der Waals surface area contributed by atoms with Crippen LogP contribution in [0, 0.1) is 0 Å². The molecule has 1 heterocycles. The largest absolute Gasteiger partial charge is 0.497 e. The Morgan fingerprint density at radius 1 is 1.06 bits per heavy atom. The number of hydrogen-bond acceptors (Lipinski definition) is 6. The number of rotatable bonds is 9. The molecule has 34 heavy (non-hydrogen) atoms. The number of aliphatic carboxylic acids is 1. The fraction of sp³-hybridized carbons (Fsp3) is 0.200. The number of halogens is 1. The van der Waals surface area contributed by atoms with Gasteiger partial charge in [-0.05, 0) is 41.0 Å². The summed E-state index contributed by atoms with van der Waals surface area (Å²) >= 11 is 5.94. The molecule has 0 spiro atoms. The molecule has 0 aliphatic heterocycles. The first-order valence-corrected chi connectivity index (χ1v) is 10.9. The third-order valence-corrected chi connectivity index (χ3v) is 5.64. The number of carboxylic acid groups (broad SMARTS) is 1. The number of fused-ring (bicyclic) bond motifs is 1. The molecule has 0 amide bonds. The second kappa shape index (κ2) is 10.5. The molecule has 1 N–H and O–H groups in total. The second-order valence-electron chi connectivity index (χ2n) is 7.63. The average Bonchev–Trinajstić information content (AvgIpc) is 2.85. The van der Waals surface area contributed by atoms with Gasteiger partial charge >= 0.3 is 5.97 Å². The van der Waals surface area contributed by atoms with Crippen LogP contribution < -0.4 is 10.3 Å². The smallest absolute Gasteiger partial charge is 0.332 e. The lowest BCUT2D eigenvalue weighted by molar-refractivity contribution is -0.151. The van der Waals surface area contributed by atoms with E-state index < -0.39 is 12.1 Å². The van der Waals surface area contributed by atoms with Gasteiger partial charge in [0.25, 0.3) is 5.56 Å². The minimum Gasteiger partial charge on any atom is -0.497 e. The van der Waals surface area contributed by atoms with Gasteiger partial charge in [-0.2, -0.15) is 0 Å². The van der Waals surface area contributed by atoms with Crippen LogP contribution in [0.2, 0.25) is 5.02 Å². The SMILES string of the molecule is COc1ccc2c(=O)n(CCC(OCc3ccc(-c4ccc(Cl)cc4)cc3)C(=O)O)nnc2c1. The van der Waals surface area contributed by atoms with Crippen molar-refractivity contribution in [3.05, 3.63) is 87.7 Å². The van der Waals surface area contributed by atoms with Crippen molar-refractivity contribution in [2.45, 2.75) is 25.7 Å². The Morgan fingerprint density at radius 2 is 1.74 bits per heavy atom. The lowest BCUT2D eigenvalue weighted by Crippen LogP contribution is -2.30. The quantitative estimate of drug-likeness (QED) is 0.384. The van der Waals surface area contributed by atoms with Gasteiger partial charge < -0.3 is 14.6 Å². The molecule has 1 atom stereocenters. The van der Waals surface area contributed by atoms with E-state index in [1.165, 1.54) is 7.11 Å². The molecular weight excluding hydrogens is 458 g/mol. The Hall–Kier alpha value is -3.75. The summed E-state index contributed by atoms with van der Waals surface area (Å²) in [5.74, 6) is -0.538. The normalized spacial score (nSPS) is 11.9. The van der Waals surface area contributed by atoms with Gasteiger partial charge in [-0.15, -0.1) is 5.10 Å². The van der Waals surface area contributed by atoms with Crippen LogP contribution in [0.15, 0.2) is 71.5 Å². The van der Waals surface area contributed by atoms with E-state index in [0.29, 0.717) is 21.7 Å². The van der Waals surface area contributed by atoms with E-state index in [-0.39, 0.29) is 25.1 Å². The number of aryl methyl sites for hydroxylation is 1. The summed E-state index contributed by atoms with van der Waals surface area (Å²) in [6.45, 7) is 0.177. The molecule has 3 aromatic carbocycles. The molecule has 0 fully saturated rings. The first kappa shape index (κ1) is 23.4. The number of methoxy groups -OCH3 is 1. The van der Waals surface area contributed by atoms with Gasteiger partial charge in [-0.25, -0.2) is 9.48 Å². The van der Waals surface area contributed by atoms with E-state index >= 15 is 0 Å². The zero-order valence-corrected chi connectivity index (χ0v) is 19.1. The minimum absolute atomic E-state index is 0.0558. The van der Waals surface area contributed by atoms with Crippen molar-refractivity contribution in [1.29, 1.82) is 0 Å². The summed E-state index contributed by atoms with van der Waals surface area (Å²) in [5, 5.41) is 18.6. The van der Waals surface area contributed by atoms with E-state index in [1.807, 2.05) is 48.5 Å². The fourth-order valence-corrected chi connectivity index (χ4v) is 3.61. The number of carboxylic acids is 1. The molecule has 0 saturated carbocycles. The molecular formula is C25H22ClN3O5. The first-order chi connectivity index (χ1) is 16.4. The van der Waals surface area contributed by atoms with Gasteiger partial charge in [0.15, 0.2) is 6.10 Å². The van der Waals surface area contributed by atoms with Gasteiger partial charge in [-0.3, -0.25) is 4.79 Å². The summed E-state index contributed by atoms with van der Waals surface area (Å²) in [6.07, 6.45) is -1.04. The fourth-order valence-electron chi connectivity index (χ4n) is 3.48. The summed E-state index contributed by atoms with van der Waals surface area (Å²) in [7, 11) is 1.52. The van der Waals surface area contributed by atoms with E-state index in [4.69, 9.17) is 21.1 Å². The summed E-state index contributed by atoms with van der Waals surface area (Å²) < 4.78 is 11.9. The maximum atomic E-state index is 12.7. The highest BCUT2D eigenvalue weighted by atomic mass is 35.5. The molecule has 1 unspecified atom stereocenters. The van der Waals surface area contributed by atoms with Crippen LogP contribution in [0.25, 0.3) is 22.0 Å². The number of aromatic nitrogens is 3. The molecule has 0 saturated heterocycles. The molecule has 0 radical (unpaired) electrons. The molecule has 1 aromatic heterocycles. The number of nitrogens with zero attached hydrogens (tertiary/aromatic N) is 3. The van der Waals surface area contributed by atoms with E-state index in [0.717, 1.165) is 21.4 Å². The molecule has 4 aromatic rings. The van der Waals surface area contributed by atoms with Crippen LogP contribution in [0.3, 0.4) is 0 Å². The van der Waals surface area contributed by atoms with Crippen molar-refractivity contribution < 1.29 is 19.4 Å². The van der Waals surface area contributed by atoms with Crippen LogP contribution >= 0.6 is 11.6 Å². The lowest BCUT2D eigenvalue weighted by atomic mass is 10.0. The Labute approximate surface area is 200 Å². The third kappa shape index (κ3) is 5.41. The third-order valence-electron chi connectivity index (χ3n) is 5.39. The molecule has 8 nitrogen and oxygen atoms in total. The van der Waals surface area contributed by atoms with Gasteiger partial charge in [0.1, 0.15) is 11.3 Å².